The highest BCUT2D eigenvalue weighted by atomic mass is 16.6. The van der Waals surface area contributed by atoms with Crippen LogP contribution in [0.1, 0.15) is 54.9 Å². The van der Waals surface area contributed by atoms with Crippen molar-refractivity contribution in [1.29, 1.82) is 0 Å². The molecule has 0 aromatic heterocycles. The van der Waals surface area contributed by atoms with Gasteiger partial charge in [-0.3, -0.25) is 15.0 Å². The third-order valence-corrected chi connectivity index (χ3v) is 3.49. The molecule has 0 aliphatic carbocycles. The van der Waals surface area contributed by atoms with E-state index in [1.54, 1.807) is 25.8 Å². The zero-order valence-corrected chi connectivity index (χ0v) is 17.3. The van der Waals surface area contributed by atoms with Gasteiger partial charge in [-0.2, -0.15) is 0 Å². The molecule has 0 bridgehead atoms. The number of rotatable bonds is 10. The monoisotopic (exact) mass is 372 g/mol. The lowest BCUT2D eigenvalue weighted by atomic mass is 10.1. The Morgan fingerprint density at radius 1 is 1.08 bits per heavy atom. The van der Waals surface area contributed by atoms with E-state index < -0.39 is 17.6 Å². The van der Waals surface area contributed by atoms with Gasteiger partial charge in [0.1, 0.15) is 5.60 Å². The predicted molar refractivity (Wildman–Crippen MR) is 101 cm³/mol. The minimum Gasteiger partial charge on any atom is -0.443 e. The van der Waals surface area contributed by atoms with Crippen LogP contribution in [0.25, 0.3) is 0 Å². The number of carbonyl (C=O) groups excluding carboxylic acids is 3. The van der Waals surface area contributed by atoms with E-state index in [4.69, 9.17) is 10.5 Å². The maximum Gasteiger partial charge on any atom is 0.422 e. The van der Waals surface area contributed by atoms with E-state index in [9.17, 15) is 14.4 Å². The van der Waals surface area contributed by atoms with Crippen LogP contribution < -0.4 is 11.2 Å². The number of ether oxygens (including phenoxy) is 1. The van der Waals surface area contributed by atoms with Crippen molar-refractivity contribution in [3.8, 4) is 0 Å². The first-order chi connectivity index (χ1) is 11.8. The smallest absolute Gasteiger partial charge is 0.422 e. The van der Waals surface area contributed by atoms with Gasteiger partial charge in [-0.05, 0) is 32.6 Å². The minimum absolute atomic E-state index is 0.0520. The summed E-state index contributed by atoms with van der Waals surface area (Å²) in [5.74, 6) is -0.364. The summed E-state index contributed by atoms with van der Waals surface area (Å²) < 4.78 is 5.26. The fourth-order valence-corrected chi connectivity index (χ4v) is 2.23. The molecule has 0 saturated carbocycles. The molecule has 152 valence electrons. The van der Waals surface area contributed by atoms with Crippen molar-refractivity contribution >= 4 is 17.9 Å². The number of nitrogens with one attached hydrogen (secondary N) is 1. The largest absolute Gasteiger partial charge is 0.443 e. The highest BCUT2D eigenvalue weighted by Crippen LogP contribution is 2.09. The molecule has 26 heavy (non-hydrogen) atoms. The molecular weight excluding hydrogens is 336 g/mol. The van der Waals surface area contributed by atoms with E-state index in [2.05, 4.69) is 5.43 Å². The first-order valence-corrected chi connectivity index (χ1v) is 9.14. The Morgan fingerprint density at radius 2 is 1.65 bits per heavy atom. The van der Waals surface area contributed by atoms with Crippen LogP contribution in [0.3, 0.4) is 0 Å². The van der Waals surface area contributed by atoms with Gasteiger partial charge >= 0.3 is 6.09 Å². The third-order valence-electron chi connectivity index (χ3n) is 3.49. The third kappa shape index (κ3) is 11.7. The van der Waals surface area contributed by atoms with E-state index >= 15 is 0 Å². The lowest BCUT2D eigenvalue weighted by Gasteiger charge is -2.30. The number of amides is 3. The quantitative estimate of drug-likeness (QED) is 0.568. The fraction of sp³-hybridized carbons (Fsp3) is 0.833. The summed E-state index contributed by atoms with van der Waals surface area (Å²) in [6.45, 7) is 14.0. The highest BCUT2D eigenvalue weighted by molar-refractivity contribution is 5.85. The van der Waals surface area contributed by atoms with Gasteiger partial charge in [-0.1, -0.05) is 34.1 Å². The summed E-state index contributed by atoms with van der Waals surface area (Å²) in [5.41, 5.74) is 7.26. The van der Waals surface area contributed by atoms with Gasteiger partial charge in [-0.15, -0.1) is 0 Å². The average molecular weight is 373 g/mol. The molecule has 0 saturated heterocycles. The predicted octanol–water partition coefficient (Wildman–Crippen LogP) is 1.74. The Hall–Kier alpha value is -1.83. The van der Waals surface area contributed by atoms with Crippen LogP contribution >= 0.6 is 0 Å². The van der Waals surface area contributed by atoms with Crippen LogP contribution in [0.2, 0.25) is 0 Å². The maximum atomic E-state index is 12.6. The Bertz CT molecular complexity index is 474. The van der Waals surface area contributed by atoms with Crippen molar-refractivity contribution in [2.24, 2.45) is 17.6 Å². The molecule has 3 amide bonds. The molecule has 0 rings (SSSR count). The fourth-order valence-electron chi connectivity index (χ4n) is 2.23. The Labute approximate surface area is 157 Å². The molecule has 0 aliphatic heterocycles. The van der Waals surface area contributed by atoms with Crippen molar-refractivity contribution in [1.82, 2.24) is 15.3 Å². The molecule has 0 spiro atoms. The van der Waals surface area contributed by atoms with Gasteiger partial charge < -0.3 is 15.4 Å². The van der Waals surface area contributed by atoms with Crippen LogP contribution in [0.5, 0.6) is 0 Å². The second-order valence-electron chi connectivity index (χ2n) is 8.14. The van der Waals surface area contributed by atoms with Crippen molar-refractivity contribution in [2.45, 2.75) is 60.5 Å². The maximum absolute atomic E-state index is 12.6. The molecule has 0 heterocycles. The average Bonchev–Trinajstić information content (AvgIpc) is 2.42. The Morgan fingerprint density at radius 3 is 2.08 bits per heavy atom. The molecule has 0 aliphatic rings. The van der Waals surface area contributed by atoms with E-state index in [-0.39, 0.29) is 30.8 Å². The molecule has 8 heteroatoms. The zero-order chi connectivity index (χ0) is 20.5. The van der Waals surface area contributed by atoms with Crippen molar-refractivity contribution in [3.05, 3.63) is 0 Å². The van der Waals surface area contributed by atoms with Crippen LogP contribution in [0.15, 0.2) is 0 Å². The molecule has 1 unspecified atom stereocenters. The lowest BCUT2D eigenvalue weighted by Crippen LogP contribution is -2.52. The van der Waals surface area contributed by atoms with Gasteiger partial charge in [0.25, 0.3) is 0 Å². The van der Waals surface area contributed by atoms with E-state index in [1.165, 1.54) is 4.90 Å². The first-order valence-electron chi connectivity index (χ1n) is 9.14. The van der Waals surface area contributed by atoms with E-state index in [0.717, 1.165) is 6.42 Å². The summed E-state index contributed by atoms with van der Waals surface area (Å²) >= 11 is 0. The first kappa shape index (κ1) is 24.2. The van der Waals surface area contributed by atoms with Crippen LogP contribution in [0, 0.1) is 11.8 Å². The van der Waals surface area contributed by atoms with E-state index in [0.29, 0.717) is 13.1 Å². The standard InChI is InChI=1S/C18H36N4O4/c1-8-14(4)10-22(20-17(25)26-18(5,6)7)12-16(24)21(9-13(2)3)11-15(19)23/h13-14H,8-12H2,1-7H3,(H2,19,23)(H,20,25). The van der Waals surface area contributed by atoms with E-state index in [1.807, 2.05) is 27.7 Å². The normalized spacial score (nSPS) is 12.8. The molecule has 8 nitrogen and oxygen atoms in total. The topological polar surface area (TPSA) is 105 Å². The molecular formula is C18H36N4O4. The van der Waals surface area contributed by atoms with Crippen molar-refractivity contribution < 1.29 is 19.1 Å². The second-order valence-corrected chi connectivity index (χ2v) is 8.14. The molecule has 3 N–H and O–H groups in total. The van der Waals surface area contributed by atoms with Gasteiger partial charge in [0.15, 0.2) is 0 Å². The summed E-state index contributed by atoms with van der Waals surface area (Å²) in [4.78, 5) is 37.4. The molecule has 0 radical (unpaired) electrons. The van der Waals surface area contributed by atoms with Crippen LogP contribution in [-0.4, -0.2) is 59.6 Å². The molecule has 0 fully saturated rings. The van der Waals surface area contributed by atoms with Gasteiger partial charge in [0.2, 0.25) is 11.8 Å². The Kier molecular flexibility index (Phi) is 10.2. The number of nitrogens with zero attached hydrogens (tertiary/aromatic N) is 2. The SMILES string of the molecule is CCC(C)CN(CC(=O)N(CC(N)=O)CC(C)C)NC(=O)OC(C)(C)C. The Balaban J connectivity index is 5.08. The second kappa shape index (κ2) is 11.0. The zero-order valence-electron chi connectivity index (χ0n) is 17.3. The molecule has 0 aromatic carbocycles. The summed E-state index contributed by atoms with van der Waals surface area (Å²) in [6.07, 6.45) is 0.288. The van der Waals surface area contributed by atoms with Gasteiger partial charge in [0, 0.05) is 13.1 Å². The highest BCUT2D eigenvalue weighted by Gasteiger charge is 2.24. The van der Waals surface area contributed by atoms with Gasteiger partial charge in [0.05, 0.1) is 13.1 Å². The summed E-state index contributed by atoms with van der Waals surface area (Å²) in [6, 6.07) is 0. The number of carbonyl (C=O) groups is 3. The number of hydrogen-bond acceptors (Lipinski definition) is 5. The van der Waals surface area contributed by atoms with Crippen molar-refractivity contribution in [3.63, 3.8) is 0 Å². The molecule has 1 atom stereocenters. The van der Waals surface area contributed by atoms with Crippen LogP contribution in [0.4, 0.5) is 4.79 Å². The number of nitrogens with two attached hydrogens (primary N) is 1. The summed E-state index contributed by atoms with van der Waals surface area (Å²) in [5, 5.41) is 1.54. The number of hydrazine groups is 1. The minimum atomic E-state index is -0.633. The number of primary amides is 1. The summed E-state index contributed by atoms with van der Waals surface area (Å²) in [7, 11) is 0. The van der Waals surface area contributed by atoms with Crippen LogP contribution in [-0.2, 0) is 14.3 Å². The lowest BCUT2D eigenvalue weighted by molar-refractivity contribution is -0.137. The molecule has 0 aromatic rings. The van der Waals surface area contributed by atoms with Gasteiger partial charge in [-0.25, -0.2) is 9.80 Å². The van der Waals surface area contributed by atoms with Crippen molar-refractivity contribution in [2.75, 3.05) is 26.2 Å². The number of hydrogen-bond donors (Lipinski definition) is 2.